The highest BCUT2D eigenvalue weighted by atomic mass is 16.6. The third-order valence-corrected chi connectivity index (χ3v) is 3.64. The molecule has 2 saturated heterocycles. The van der Waals surface area contributed by atoms with E-state index >= 15 is 0 Å². The first kappa shape index (κ1) is 19.6. The number of hydrogen-bond acceptors (Lipinski definition) is 7. The predicted octanol–water partition coefficient (Wildman–Crippen LogP) is 0.257. The molecule has 0 bridgehead atoms. The molecular formula is C15H25N3O7. The molecule has 0 spiro atoms. The Bertz CT molecular complexity index is 450. The number of carbonyl (C=O) groups excluding carboxylic acids is 2. The number of imide groups is 1. The lowest BCUT2D eigenvalue weighted by atomic mass is 10.3. The molecule has 2 fully saturated rings. The van der Waals surface area contributed by atoms with Gasteiger partial charge in [-0.05, 0) is 0 Å². The van der Waals surface area contributed by atoms with Crippen LogP contribution in [-0.4, -0.2) is 100 Å². The number of carbonyl (C=O) groups is 2. The van der Waals surface area contributed by atoms with E-state index in [1.807, 2.05) is 0 Å². The Morgan fingerprint density at radius 1 is 0.960 bits per heavy atom. The van der Waals surface area contributed by atoms with Crippen LogP contribution in [0.1, 0.15) is 0 Å². The van der Waals surface area contributed by atoms with Crippen LogP contribution in [0.25, 0.3) is 0 Å². The van der Waals surface area contributed by atoms with Crippen molar-refractivity contribution in [2.24, 2.45) is 0 Å². The first-order chi connectivity index (χ1) is 12.1. The first-order valence-corrected chi connectivity index (χ1v) is 7.94. The molecule has 2 aliphatic heterocycles. The van der Waals surface area contributed by atoms with Crippen LogP contribution in [0, 0.1) is 0 Å². The van der Waals surface area contributed by atoms with E-state index in [-0.39, 0.29) is 32.0 Å². The minimum absolute atomic E-state index is 0.0368. The molecular weight excluding hydrogens is 334 g/mol. The Labute approximate surface area is 146 Å². The molecule has 4 amide bonds. The lowest BCUT2D eigenvalue weighted by molar-refractivity contribution is -0.0163. The van der Waals surface area contributed by atoms with Crippen molar-refractivity contribution in [1.82, 2.24) is 14.7 Å². The number of hydrogen-bond donors (Lipinski definition) is 0. The van der Waals surface area contributed by atoms with E-state index in [0.717, 1.165) is 4.90 Å². The molecule has 0 radical (unpaired) electrons. The van der Waals surface area contributed by atoms with Gasteiger partial charge in [-0.1, -0.05) is 6.58 Å². The second kappa shape index (κ2) is 9.68. The Kier molecular flexibility index (Phi) is 7.59. The van der Waals surface area contributed by atoms with Gasteiger partial charge in [0.2, 0.25) is 0 Å². The van der Waals surface area contributed by atoms with Gasteiger partial charge in [0.15, 0.2) is 0 Å². The molecule has 0 aliphatic carbocycles. The lowest BCUT2D eigenvalue weighted by Gasteiger charge is -2.41. The van der Waals surface area contributed by atoms with Crippen LogP contribution >= 0.6 is 0 Å². The van der Waals surface area contributed by atoms with E-state index in [4.69, 9.17) is 23.7 Å². The number of amides is 4. The molecule has 0 N–H and O–H groups in total. The molecule has 2 aliphatic rings. The number of nitrogens with zero attached hydrogens (tertiary/aromatic N) is 3. The van der Waals surface area contributed by atoms with Gasteiger partial charge >= 0.3 is 12.1 Å². The zero-order valence-corrected chi connectivity index (χ0v) is 14.6. The van der Waals surface area contributed by atoms with Crippen LogP contribution in [-0.2, 0) is 23.7 Å². The zero-order chi connectivity index (χ0) is 18.2. The van der Waals surface area contributed by atoms with Crippen molar-refractivity contribution in [2.45, 2.75) is 6.10 Å². The summed E-state index contributed by atoms with van der Waals surface area (Å²) in [6, 6.07) is -1.03. The highest BCUT2D eigenvalue weighted by molar-refractivity contribution is 5.97. The molecule has 25 heavy (non-hydrogen) atoms. The topological polar surface area (TPSA) is 93.3 Å². The molecule has 2 heterocycles. The summed E-state index contributed by atoms with van der Waals surface area (Å²) in [5.41, 5.74) is 0. The lowest BCUT2D eigenvalue weighted by Crippen LogP contribution is -2.60. The summed E-state index contributed by atoms with van der Waals surface area (Å²) < 4.78 is 25.7. The second-order valence-corrected chi connectivity index (χ2v) is 5.46. The minimum Gasteiger partial charge on any atom is -0.382 e. The number of urea groups is 2. The van der Waals surface area contributed by atoms with Gasteiger partial charge in [-0.2, -0.15) is 0 Å². The van der Waals surface area contributed by atoms with Gasteiger partial charge in [-0.25, -0.2) is 14.5 Å². The van der Waals surface area contributed by atoms with Gasteiger partial charge < -0.3 is 23.7 Å². The molecule has 10 heteroatoms. The van der Waals surface area contributed by atoms with Gasteiger partial charge in [0.25, 0.3) is 0 Å². The van der Waals surface area contributed by atoms with Crippen molar-refractivity contribution >= 4 is 12.1 Å². The molecule has 1 atom stereocenters. The summed E-state index contributed by atoms with van der Waals surface area (Å²) in [6.45, 7) is 5.91. The Morgan fingerprint density at radius 3 is 2.00 bits per heavy atom. The van der Waals surface area contributed by atoms with Crippen molar-refractivity contribution in [2.75, 3.05) is 67.3 Å². The van der Waals surface area contributed by atoms with E-state index in [2.05, 4.69) is 6.58 Å². The average molecular weight is 359 g/mol. The van der Waals surface area contributed by atoms with Gasteiger partial charge in [-0.15, -0.1) is 0 Å². The van der Waals surface area contributed by atoms with Crippen molar-refractivity contribution < 1.29 is 33.3 Å². The first-order valence-electron chi connectivity index (χ1n) is 7.94. The maximum Gasteiger partial charge on any atom is 0.337 e. The number of ether oxygens (including phenoxy) is 5. The highest BCUT2D eigenvalue weighted by Crippen LogP contribution is 2.24. The highest BCUT2D eigenvalue weighted by Gasteiger charge is 2.42. The van der Waals surface area contributed by atoms with E-state index in [1.165, 1.54) is 9.80 Å². The third kappa shape index (κ3) is 5.38. The van der Waals surface area contributed by atoms with Crippen LogP contribution < -0.4 is 0 Å². The standard InChI is InChI=1S/C15H25N3O7/c1-12-16(8-13-9-25-13)14(19)18(11-24-7-5-22-3)15(20)17(12)10-23-6-4-21-2/h13H,1,4-11H2,2-3H3. The molecule has 2 rings (SSSR count). The fourth-order valence-corrected chi connectivity index (χ4v) is 2.14. The summed E-state index contributed by atoms with van der Waals surface area (Å²) in [5.74, 6) is 0.260. The fourth-order valence-electron chi connectivity index (χ4n) is 2.14. The molecule has 0 saturated carbocycles. The van der Waals surface area contributed by atoms with Crippen molar-refractivity contribution in [1.29, 1.82) is 0 Å². The molecule has 0 aromatic rings. The van der Waals surface area contributed by atoms with Gasteiger partial charge in [0.1, 0.15) is 19.3 Å². The third-order valence-electron chi connectivity index (χ3n) is 3.64. The Morgan fingerprint density at radius 2 is 1.48 bits per heavy atom. The number of rotatable bonds is 12. The quantitative estimate of drug-likeness (QED) is 0.364. The van der Waals surface area contributed by atoms with Crippen LogP contribution in [0.3, 0.4) is 0 Å². The maximum absolute atomic E-state index is 12.6. The van der Waals surface area contributed by atoms with E-state index in [9.17, 15) is 9.59 Å². The molecule has 0 aromatic carbocycles. The minimum atomic E-state index is -0.544. The van der Waals surface area contributed by atoms with Crippen LogP contribution in [0.2, 0.25) is 0 Å². The molecule has 0 aromatic heterocycles. The van der Waals surface area contributed by atoms with Crippen LogP contribution in [0.4, 0.5) is 9.59 Å². The molecule has 1 unspecified atom stereocenters. The van der Waals surface area contributed by atoms with Gasteiger partial charge in [0, 0.05) is 14.2 Å². The summed E-state index contributed by atoms with van der Waals surface area (Å²) >= 11 is 0. The number of methoxy groups -OCH3 is 2. The normalized spacial score (nSPS) is 20.6. The Balaban J connectivity index is 2.01. The van der Waals surface area contributed by atoms with Crippen LogP contribution in [0.5, 0.6) is 0 Å². The summed E-state index contributed by atoms with van der Waals surface area (Å²) in [7, 11) is 3.10. The van der Waals surface area contributed by atoms with E-state index in [0.29, 0.717) is 33.0 Å². The molecule has 10 nitrogen and oxygen atoms in total. The van der Waals surface area contributed by atoms with Gasteiger partial charge in [0.05, 0.1) is 45.7 Å². The fraction of sp³-hybridized carbons (Fsp3) is 0.733. The largest absolute Gasteiger partial charge is 0.382 e. The van der Waals surface area contributed by atoms with Crippen molar-refractivity contribution in [3.8, 4) is 0 Å². The monoisotopic (exact) mass is 359 g/mol. The summed E-state index contributed by atoms with van der Waals surface area (Å²) in [4.78, 5) is 28.9. The second-order valence-electron chi connectivity index (χ2n) is 5.46. The maximum atomic E-state index is 12.6. The SMILES string of the molecule is C=C1N(COCCOC)C(=O)N(COCCOC)C(=O)N1CC1CO1. The zero-order valence-electron chi connectivity index (χ0n) is 14.6. The average Bonchev–Trinajstić information content (AvgIpc) is 3.41. The summed E-state index contributed by atoms with van der Waals surface area (Å²) in [5, 5.41) is 0. The van der Waals surface area contributed by atoms with E-state index in [1.54, 1.807) is 14.2 Å². The summed E-state index contributed by atoms with van der Waals surface area (Å²) in [6.07, 6.45) is -0.0404. The molecule has 142 valence electrons. The van der Waals surface area contributed by atoms with Crippen molar-refractivity contribution in [3.05, 3.63) is 12.4 Å². The van der Waals surface area contributed by atoms with Crippen molar-refractivity contribution in [3.63, 3.8) is 0 Å². The van der Waals surface area contributed by atoms with E-state index < -0.39 is 12.1 Å². The van der Waals surface area contributed by atoms with Gasteiger partial charge in [-0.3, -0.25) is 9.80 Å². The smallest absolute Gasteiger partial charge is 0.337 e. The Hall–Kier alpha value is -1.72. The predicted molar refractivity (Wildman–Crippen MR) is 85.4 cm³/mol. The van der Waals surface area contributed by atoms with Crippen LogP contribution in [0.15, 0.2) is 12.4 Å². The number of epoxide rings is 1.